The van der Waals surface area contributed by atoms with Gasteiger partial charge in [0.2, 0.25) is 0 Å². The van der Waals surface area contributed by atoms with Crippen LogP contribution in [0.3, 0.4) is 0 Å². The van der Waals surface area contributed by atoms with Crippen LogP contribution < -0.4 is 0 Å². The zero-order chi connectivity index (χ0) is 34.0. The fourth-order valence-electron chi connectivity index (χ4n) is 6.56. The third kappa shape index (κ3) is 10.3. The Morgan fingerprint density at radius 2 is 1.66 bits per heavy atom. The minimum atomic E-state index is -0.563. The number of piperidine rings is 1. The van der Waals surface area contributed by atoms with E-state index in [2.05, 4.69) is 48.2 Å². The van der Waals surface area contributed by atoms with Gasteiger partial charge < -0.3 is 19.6 Å². The number of carbonyl (C=O) groups excluding carboxylic acids is 2. The molecule has 0 bridgehead atoms. The molecule has 9 heteroatoms. The number of amides is 2. The topological polar surface area (TPSA) is 90.4 Å². The van der Waals surface area contributed by atoms with Gasteiger partial charge in [-0.3, -0.25) is 14.5 Å². The number of carboxylic acid groups (broad SMARTS) is 1. The van der Waals surface area contributed by atoms with E-state index >= 15 is 0 Å². The first-order valence-corrected chi connectivity index (χ1v) is 16.8. The number of nitrogens with zero attached hydrogens (tertiary/aromatic N) is 3. The molecule has 252 valence electrons. The quantitative estimate of drug-likeness (QED) is 0.253. The second kappa shape index (κ2) is 16.8. The van der Waals surface area contributed by atoms with E-state index in [1.807, 2.05) is 62.1 Å². The zero-order valence-corrected chi connectivity index (χ0v) is 28.8. The van der Waals surface area contributed by atoms with Crippen molar-refractivity contribution in [1.29, 1.82) is 0 Å². The molecule has 3 aromatic rings. The van der Waals surface area contributed by atoms with Gasteiger partial charge in [0, 0.05) is 43.3 Å². The number of carbonyl (C=O) groups is 3. The summed E-state index contributed by atoms with van der Waals surface area (Å²) in [5.74, 6) is 0.543. The Morgan fingerprint density at radius 1 is 0.979 bits per heavy atom. The smallest absolute Gasteiger partial charge is 0.410 e. The molecule has 1 N–H and O–H groups in total. The van der Waals surface area contributed by atoms with Crippen molar-refractivity contribution >= 4 is 30.1 Å². The molecule has 0 aliphatic carbocycles. The van der Waals surface area contributed by atoms with Crippen molar-refractivity contribution in [2.45, 2.75) is 77.5 Å². The maximum absolute atomic E-state index is 14.0. The van der Waals surface area contributed by atoms with Crippen LogP contribution in [0.5, 0.6) is 0 Å². The van der Waals surface area contributed by atoms with Crippen molar-refractivity contribution in [2.24, 2.45) is 0 Å². The Hall–Kier alpha value is -3.88. The van der Waals surface area contributed by atoms with Gasteiger partial charge in [0.05, 0.1) is 6.04 Å². The van der Waals surface area contributed by atoms with Crippen molar-refractivity contribution < 1.29 is 24.2 Å². The van der Waals surface area contributed by atoms with Crippen LogP contribution in [-0.2, 0) is 22.5 Å². The minimum absolute atomic E-state index is 0.0165. The average molecular weight is 662 g/mol. The van der Waals surface area contributed by atoms with Crippen molar-refractivity contribution in [2.75, 3.05) is 32.7 Å². The Labute approximate surface area is 284 Å². The lowest BCUT2D eigenvalue weighted by atomic mass is 9.88. The minimum Gasteiger partial charge on any atom is -0.483 e. The molecule has 47 heavy (non-hydrogen) atoms. The lowest BCUT2D eigenvalue weighted by Crippen LogP contribution is -2.44. The highest BCUT2D eigenvalue weighted by Gasteiger charge is 2.35. The Bertz CT molecular complexity index is 1490. The number of likely N-dealkylation sites (tertiary alicyclic amines) is 2. The highest BCUT2D eigenvalue weighted by molar-refractivity contribution is 6.31. The average Bonchev–Trinajstić information content (AvgIpc) is 3.53. The fraction of sp³-hybridized carbons (Fsp3) is 0.447. The molecule has 0 radical (unpaired) electrons. The molecule has 2 saturated heterocycles. The van der Waals surface area contributed by atoms with Crippen molar-refractivity contribution in [1.82, 2.24) is 14.7 Å². The number of aryl methyl sites for hydroxylation is 1. The van der Waals surface area contributed by atoms with Crippen LogP contribution in [0.25, 0.3) is 0 Å². The highest BCUT2D eigenvalue weighted by atomic mass is 35.5. The first-order valence-electron chi connectivity index (χ1n) is 16.5. The van der Waals surface area contributed by atoms with Gasteiger partial charge in [-0.25, -0.2) is 4.79 Å². The van der Waals surface area contributed by atoms with Crippen molar-refractivity contribution in [3.05, 3.63) is 106 Å². The summed E-state index contributed by atoms with van der Waals surface area (Å²) < 4.78 is 5.61. The molecule has 1 unspecified atom stereocenters. The molecule has 2 heterocycles. The molecule has 2 atom stereocenters. The first kappa shape index (κ1) is 36.0. The van der Waals surface area contributed by atoms with Crippen molar-refractivity contribution in [3.8, 4) is 0 Å². The third-order valence-corrected chi connectivity index (χ3v) is 9.21. The molecule has 3 aromatic carbocycles. The van der Waals surface area contributed by atoms with E-state index in [1.54, 1.807) is 4.90 Å². The predicted octanol–water partition coefficient (Wildman–Crippen LogP) is 7.42. The second-order valence-electron chi connectivity index (χ2n) is 13.4. The largest absolute Gasteiger partial charge is 0.483 e. The van der Waals surface area contributed by atoms with Gasteiger partial charge in [0.1, 0.15) is 5.60 Å². The number of halogens is 1. The van der Waals surface area contributed by atoms with Crippen LogP contribution in [0.2, 0.25) is 5.02 Å². The molecule has 2 fully saturated rings. The van der Waals surface area contributed by atoms with Crippen LogP contribution in [-0.4, -0.2) is 82.6 Å². The number of ether oxygens (including phenoxy) is 1. The summed E-state index contributed by atoms with van der Waals surface area (Å²) in [4.78, 5) is 41.4. The van der Waals surface area contributed by atoms with Gasteiger partial charge in [0.25, 0.3) is 12.4 Å². The molecule has 5 rings (SSSR count). The predicted molar refractivity (Wildman–Crippen MR) is 186 cm³/mol. The third-order valence-electron chi connectivity index (χ3n) is 8.84. The zero-order valence-electron chi connectivity index (χ0n) is 28.0. The molecule has 2 amide bonds. The van der Waals surface area contributed by atoms with Crippen LogP contribution in [0.4, 0.5) is 4.79 Å². The van der Waals surface area contributed by atoms with Gasteiger partial charge in [-0.2, -0.15) is 0 Å². The van der Waals surface area contributed by atoms with Gasteiger partial charge >= 0.3 is 6.09 Å². The maximum atomic E-state index is 14.0. The summed E-state index contributed by atoms with van der Waals surface area (Å²) >= 11 is 6.46. The van der Waals surface area contributed by atoms with E-state index in [9.17, 15) is 9.59 Å². The number of benzene rings is 3. The molecular weight excluding hydrogens is 614 g/mol. The monoisotopic (exact) mass is 661 g/mol. The van der Waals surface area contributed by atoms with E-state index < -0.39 is 5.60 Å². The maximum Gasteiger partial charge on any atom is 0.410 e. The molecule has 0 saturated carbocycles. The Balaban J connectivity index is 0.00000160. The van der Waals surface area contributed by atoms with Crippen molar-refractivity contribution in [3.63, 3.8) is 0 Å². The molecule has 2 aliphatic heterocycles. The molecule has 0 spiro atoms. The highest BCUT2D eigenvalue weighted by Crippen LogP contribution is 2.30. The molecule has 0 aromatic heterocycles. The SMILES string of the molecule is Cc1ccccc1C1CCCN(Cc2ccc(C(=O)N(CCc3ccccc3Cl)[C@@H]3CCN(C(=O)OC(C)(C)C)C3)cc2)C1.O=CO. The van der Waals surface area contributed by atoms with Crippen LogP contribution in [0.15, 0.2) is 72.8 Å². The summed E-state index contributed by atoms with van der Waals surface area (Å²) in [6.07, 6.45) is 3.44. The van der Waals surface area contributed by atoms with E-state index in [0.29, 0.717) is 49.0 Å². The summed E-state index contributed by atoms with van der Waals surface area (Å²) in [7, 11) is 0. The van der Waals surface area contributed by atoms with Gasteiger partial charge in [0.15, 0.2) is 0 Å². The first-order chi connectivity index (χ1) is 22.5. The second-order valence-corrected chi connectivity index (χ2v) is 13.8. The fourth-order valence-corrected chi connectivity index (χ4v) is 6.79. The van der Waals surface area contributed by atoms with Crippen LogP contribution in [0.1, 0.15) is 78.6 Å². The standard InChI is InChI=1S/C37H46ClN3O3.CH2O2/c1-27-10-5-7-13-33(27)31-12-9-21-39(25-31)24-28-15-17-30(18-16-28)35(42)41(23-19-29-11-6-8-14-34(29)38)32-20-22-40(26-32)36(43)44-37(2,3)4;2-1-3/h5-8,10-11,13-18,31-32H,9,12,19-26H2,1-4H3;1H,(H,2,3)/t31?,32-;/m1./s1. The number of hydrogen-bond acceptors (Lipinski definition) is 5. The van der Waals surface area contributed by atoms with Gasteiger partial charge in [-0.1, -0.05) is 66.2 Å². The summed E-state index contributed by atoms with van der Waals surface area (Å²) in [5, 5.41) is 7.59. The van der Waals surface area contributed by atoms with Crippen LogP contribution in [0, 0.1) is 6.92 Å². The van der Waals surface area contributed by atoms with E-state index in [1.165, 1.54) is 29.5 Å². The van der Waals surface area contributed by atoms with Gasteiger partial charge in [-0.05, 0) is 106 Å². The Kier molecular flexibility index (Phi) is 12.9. The number of hydrogen-bond donors (Lipinski definition) is 1. The summed E-state index contributed by atoms with van der Waals surface area (Å²) in [6, 6.07) is 24.5. The van der Waals surface area contributed by atoms with E-state index in [0.717, 1.165) is 25.2 Å². The molecule has 8 nitrogen and oxygen atoms in total. The lowest BCUT2D eigenvalue weighted by molar-refractivity contribution is -0.122. The van der Waals surface area contributed by atoms with Gasteiger partial charge in [-0.15, -0.1) is 0 Å². The Morgan fingerprint density at radius 3 is 2.34 bits per heavy atom. The summed E-state index contributed by atoms with van der Waals surface area (Å²) in [5.41, 5.74) is 5.16. The summed E-state index contributed by atoms with van der Waals surface area (Å²) in [6.45, 7) is 12.1. The van der Waals surface area contributed by atoms with E-state index in [4.69, 9.17) is 26.2 Å². The normalized spacial score (nSPS) is 18.2. The molecule has 2 aliphatic rings. The van der Waals surface area contributed by atoms with E-state index in [-0.39, 0.29) is 24.5 Å². The van der Waals surface area contributed by atoms with Crippen LogP contribution >= 0.6 is 11.6 Å². The number of rotatable bonds is 8. The molecular formula is C38H48ClN3O5. The lowest BCUT2D eigenvalue weighted by Gasteiger charge is -2.33.